The van der Waals surface area contributed by atoms with Crippen LogP contribution < -0.4 is 0 Å². The topological polar surface area (TPSA) is 98.9 Å². The molecule has 36 heavy (non-hydrogen) atoms. The molecule has 194 valence electrons. The highest BCUT2D eigenvalue weighted by Gasteiger charge is 2.40. The number of rotatable bonds is 9. The fourth-order valence-electron chi connectivity index (χ4n) is 5.15. The zero-order valence-electron chi connectivity index (χ0n) is 23.8. The Morgan fingerprint density at radius 2 is 0.528 bits per heavy atom. The van der Waals surface area contributed by atoms with E-state index in [4.69, 9.17) is 0 Å². The van der Waals surface area contributed by atoms with Crippen LogP contribution in [0.5, 0.6) is 0 Å². The lowest BCUT2D eigenvalue weighted by Crippen LogP contribution is -2.35. The quantitative estimate of drug-likeness (QED) is 0.343. The molecular weight excluding hydrogens is 448 g/mol. The molecule has 0 aliphatic carbocycles. The molecule has 0 fully saturated rings. The Kier molecular flexibility index (Phi) is 6.63. The molecule has 4 aliphatic rings. The first kappa shape index (κ1) is 26.4. The van der Waals surface area contributed by atoms with Crippen molar-refractivity contribution in [1.29, 1.82) is 0 Å². The van der Waals surface area contributed by atoms with Crippen molar-refractivity contribution < 1.29 is 0 Å². The first-order chi connectivity index (χ1) is 16.7. The minimum absolute atomic E-state index is 0.0666. The van der Waals surface area contributed by atoms with Gasteiger partial charge in [0.05, 0.1) is 34.3 Å². The van der Waals surface area contributed by atoms with Gasteiger partial charge in [0.25, 0.3) is 0 Å². The predicted molar refractivity (Wildman–Crippen MR) is 154 cm³/mol. The summed E-state index contributed by atoms with van der Waals surface area (Å²) in [5.74, 6) is 0. The zero-order chi connectivity index (χ0) is 26.5. The molecule has 8 heteroatoms. The van der Waals surface area contributed by atoms with E-state index in [0.29, 0.717) is 0 Å². The summed E-state index contributed by atoms with van der Waals surface area (Å²) in [6, 6.07) is 0. The molecule has 0 atom stereocenters. The van der Waals surface area contributed by atoms with E-state index < -0.39 is 0 Å². The Morgan fingerprint density at radius 3 is 0.722 bits per heavy atom. The molecule has 0 aromatic carbocycles. The Labute approximate surface area is 216 Å². The molecule has 8 nitrogen and oxygen atoms in total. The Bertz CT molecular complexity index is 1100. The summed E-state index contributed by atoms with van der Waals surface area (Å²) in [5, 5.41) is 35.9. The van der Waals surface area contributed by atoms with Crippen LogP contribution in [0.2, 0.25) is 0 Å². The van der Waals surface area contributed by atoms with Gasteiger partial charge in [-0.2, -0.15) is 40.8 Å². The van der Waals surface area contributed by atoms with Gasteiger partial charge in [-0.05, 0) is 108 Å². The van der Waals surface area contributed by atoms with Crippen molar-refractivity contribution in [2.24, 2.45) is 62.5 Å². The van der Waals surface area contributed by atoms with Gasteiger partial charge < -0.3 is 0 Å². The third kappa shape index (κ3) is 4.48. The van der Waals surface area contributed by atoms with Crippen LogP contribution in [0.15, 0.2) is 40.8 Å². The smallest absolute Gasteiger partial charge is 0.0522 e. The average molecular weight is 491 g/mol. The number of hydrogen-bond donors (Lipinski definition) is 0. The Morgan fingerprint density at radius 1 is 0.333 bits per heavy atom. The van der Waals surface area contributed by atoms with Crippen molar-refractivity contribution in [3.8, 4) is 0 Å². The summed E-state index contributed by atoms with van der Waals surface area (Å²) in [6.07, 6.45) is 5.12. The zero-order valence-corrected chi connectivity index (χ0v) is 23.8. The molecule has 0 radical (unpaired) electrons. The number of hydrogen-bond acceptors (Lipinski definition) is 8. The highest BCUT2D eigenvalue weighted by atomic mass is 15.3. The molecule has 0 aromatic rings. The van der Waals surface area contributed by atoms with Gasteiger partial charge in [-0.25, -0.2) is 0 Å². The van der Waals surface area contributed by atoms with Crippen molar-refractivity contribution in [2.75, 3.05) is 0 Å². The SMILES string of the molecule is CC1=NN=C(CCC2=NN=C(CCC3=NN=C(CCC4=NN=C(C)C4(C)C)C3(C)C)C2(C)C)C1(C)C. The van der Waals surface area contributed by atoms with Gasteiger partial charge in [0, 0.05) is 33.1 Å². The van der Waals surface area contributed by atoms with Crippen molar-refractivity contribution in [1.82, 2.24) is 0 Å². The molecule has 0 spiro atoms. The van der Waals surface area contributed by atoms with Gasteiger partial charge in [-0.3, -0.25) is 0 Å². The molecule has 0 aromatic heterocycles. The minimum atomic E-state index is -0.156. The van der Waals surface area contributed by atoms with Crippen LogP contribution in [-0.4, -0.2) is 45.7 Å². The van der Waals surface area contributed by atoms with E-state index in [1.54, 1.807) is 0 Å². The Hall–Kier alpha value is -2.64. The summed E-state index contributed by atoms with van der Waals surface area (Å²) < 4.78 is 0. The van der Waals surface area contributed by atoms with Crippen LogP contribution in [0.3, 0.4) is 0 Å². The maximum Gasteiger partial charge on any atom is 0.0522 e. The second kappa shape index (κ2) is 9.03. The molecule has 0 bridgehead atoms. The molecule has 0 saturated heterocycles. The van der Waals surface area contributed by atoms with Crippen LogP contribution in [0, 0.1) is 21.7 Å². The van der Waals surface area contributed by atoms with Crippen LogP contribution in [0.1, 0.15) is 108 Å². The second-order valence-electron chi connectivity index (χ2n) is 12.7. The van der Waals surface area contributed by atoms with E-state index in [0.717, 1.165) is 84.2 Å². The lowest BCUT2D eigenvalue weighted by atomic mass is 9.74. The van der Waals surface area contributed by atoms with Crippen LogP contribution in [-0.2, 0) is 0 Å². The van der Waals surface area contributed by atoms with Crippen LogP contribution >= 0.6 is 0 Å². The summed E-state index contributed by atoms with van der Waals surface area (Å²) in [6.45, 7) is 21.8. The summed E-state index contributed by atoms with van der Waals surface area (Å²) in [4.78, 5) is 0. The molecular formula is C28H42N8. The lowest BCUT2D eigenvalue weighted by molar-refractivity contribution is 0.678. The molecule has 4 heterocycles. The van der Waals surface area contributed by atoms with E-state index in [9.17, 15) is 0 Å². The van der Waals surface area contributed by atoms with E-state index in [1.807, 2.05) is 0 Å². The van der Waals surface area contributed by atoms with Crippen LogP contribution in [0.4, 0.5) is 0 Å². The largest absolute Gasteiger partial charge is 0.159 e. The fraction of sp³-hybridized carbons (Fsp3) is 0.714. The molecule has 0 unspecified atom stereocenters. The fourth-order valence-corrected chi connectivity index (χ4v) is 5.15. The van der Waals surface area contributed by atoms with Crippen molar-refractivity contribution in [3.05, 3.63) is 0 Å². The van der Waals surface area contributed by atoms with Gasteiger partial charge in [0.15, 0.2) is 0 Å². The molecule has 4 aliphatic heterocycles. The first-order valence-corrected chi connectivity index (χ1v) is 13.2. The highest BCUT2D eigenvalue weighted by molar-refractivity contribution is 6.19. The molecule has 0 N–H and O–H groups in total. The summed E-state index contributed by atoms with van der Waals surface area (Å²) in [7, 11) is 0. The van der Waals surface area contributed by atoms with Gasteiger partial charge in [-0.1, -0.05) is 0 Å². The monoisotopic (exact) mass is 490 g/mol. The molecule has 4 rings (SSSR count). The van der Waals surface area contributed by atoms with Crippen LogP contribution in [0.25, 0.3) is 0 Å². The maximum absolute atomic E-state index is 4.62. The van der Waals surface area contributed by atoms with E-state index >= 15 is 0 Å². The molecule has 0 saturated carbocycles. The first-order valence-electron chi connectivity index (χ1n) is 13.2. The minimum Gasteiger partial charge on any atom is -0.159 e. The van der Waals surface area contributed by atoms with Crippen molar-refractivity contribution in [3.63, 3.8) is 0 Å². The third-order valence-electron chi connectivity index (χ3n) is 9.16. The lowest BCUT2D eigenvalue weighted by Gasteiger charge is -2.27. The Balaban J connectivity index is 1.28. The summed E-state index contributed by atoms with van der Waals surface area (Å²) in [5.41, 5.74) is 8.47. The predicted octanol–water partition coefficient (Wildman–Crippen LogP) is 6.71. The standard InChI is InChI=1S/C28H42N8/c1-17-25(3,4)19(31-29-17)11-13-21-27(7,8)23(35-33-21)15-16-24-28(9,10)22(34-36-24)14-12-20-26(5,6)18(2)30-32-20/h11-16H2,1-10H3. The van der Waals surface area contributed by atoms with E-state index in [-0.39, 0.29) is 21.7 Å². The van der Waals surface area contributed by atoms with E-state index in [2.05, 4.69) is 110 Å². The second-order valence-corrected chi connectivity index (χ2v) is 12.7. The number of nitrogens with zero attached hydrogens (tertiary/aromatic N) is 8. The van der Waals surface area contributed by atoms with Gasteiger partial charge >= 0.3 is 0 Å². The van der Waals surface area contributed by atoms with E-state index in [1.165, 1.54) is 0 Å². The third-order valence-corrected chi connectivity index (χ3v) is 9.16. The summed E-state index contributed by atoms with van der Waals surface area (Å²) >= 11 is 0. The van der Waals surface area contributed by atoms with Gasteiger partial charge in [-0.15, -0.1) is 0 Å². The van der Waals surface area contributed by atoms with Gasteiger partial charge in [0.1, 0.15) is 0 Å². The highest BCUT2D eigenvalue weighted by Crippen LogP contribution is 2.37. The van der Waals surface area contributed by atoms with Gasteiger partial charge in [0.2, 0.25) is 0 Å². The average Bonchev–Trinajstić information content (AvgIpc) is 3.41. The van der Waals surface area contributed by atoms with Crippen molar-refractivity contribution >= 4 is 45.7 Å². The molecule has 0 amide bonds. The maximum atomic E-state index is 4.62. The normalized spacial score (nSPS) is 25.1. The van der Waals surface area contributed by atoms with Crippen molar-refractivity contribution in [2.45, 2.75) is 108 Å².